The zero-order valence-corrected chi connectivity index (χ0v) is 5.01. The van der Waals surface area contributed by atoms with Gasteiger partial charge in [0.15, 0.2) is 0 Å². The van der Waals surface area contributed by atoms with Crippen LogP contribution >= 0.6 is 0 Å². The van der Waals surface area contributed by atoms with Crippen LogP contribution in [0.15, 0.2) is 5.29 Å². The minimum atomic E-state index is -2.07. The molecule has 3 nitrogen and oxygen atoms in total. The molecule has 0 saturated heterocycles. The van der Waals surface area contributed by atoms with E-state index in [2.05, 4.69) is 5.29 Å². The number of nitrogens with zero attached hydrogens (tertiary/aromatic N) is 2. The van der Waals surface area contributed by atoms with E-state index in [4.69, 9.17) is 5.48 Å². The monoisotopic (exact) mass is 120 g/mol. The Bertz CT molecular complexity index is 167. The predicted molar refractivity (Wildman–Crippen MR) is 33.3 cm³/mol. The summed E-state index contributed by atoms with van der Waals surface area (Å²) in [5.41, 5.74) is 0. The van der Waals surface area contributed by atoms with E-state index in [9.17, 15) is 4.91 Å². The summed E-state index contributed by atoms with van der Waals surface area (Å²) in [7, 11) is 0. The van der Waals surface area contributed by atoms with Gasteiger partial charge in [0.25, 0.3) is 0 Å². The SMILES string of the molecule is [2H]C([2H])(C)N(N=O)C([2H])([2H])CC. The summed E-state index contributed by atoms with van der Waals surface area (Å²) in [6.45, 7) is -1.49. The maximum atomic E-state index is 10.2. The Kier molecular flexibility index (Phi) is 1.60. The van der Waals surface area contributed by atoms with Crippen LogP contribution in [0.1, 0.15) is 25.8 Å². The van der Waals surface area contributed by atoms with Gasteiger partial charge in [-0.3, -0.25) is 5.01 Å². The minimum absolute atomic E-state index is 0.00604. The average Bonchev–Trinajstić information content (AvgIpc) is 1.85. The van der Waals surface area contributed by atoms with Crippen molar-refractivity contribution in [2.24, 2.45) is 5.29 Å². The first-order valence-corrected chi connectivity index (χ1v) is 2.39. The van der Waals surface area contributed by atoms with Gasteiger partial charge in [0.1, 0.15) is 0 Å². The predicted octanol–water partition coefficient (Wildman–Crippen LogP) is 1.40. The highest BCUT2D eigenvalue weighted by Crippen LogP contribution is 1.88. The van der Waals surface area contributed by atoms with Gasteiger partial charge in [0, 0.05) is 13.0 Å². The third-order valence-electron chi connectivity index (χ3n) is 0.601. The molecule has 0 saturated carbocycles. The summed E-state index contributed by atoms with van der Waals surface area (Å²) < 4.78 is 28.7. The fourth-order valence-electron chi connectivity index (χ4n) is 0.299. The molecule has 0 unspecified atom stereocenters. The van der Waals surface area contributed by atoms with Crippen LogP contribution in [0.5, 0.6) is 0 Å². The Morgan fingerprint density at radius 2 is 2.38 bits per heavy atom. The molecule has 0 N–H and O–H groups in total. The molecule has 0 spiro atoms. The maximum Gasteiger partial charge on any atom is 0.0523 e. The van der Waals surface area contributed by atoms with Crippen molar-refractivity contribution in [3.63, 3.8) is 0 Å². The number of nitroso groups, excluding NO2 is 1. The van der Waals surface area contributed by atoms with Crippen molar-refractivity contribution in [1.82, 2.24) is 5.01 Å². The second kappa shape index (κ2) is 4.56. The molecule has 0 aliphatic rings. The lowest BCUT2D eigenvalue weighted by molar-refractivity contribution is 0.300. The quantitative estimate of drug-likeness (QED) is 0.415. The molecule has 0 fully saturated rings. The van der Waals surface area contributed by atoms with Gasteiger partial charge in [-0.2, -0.15) is 0 Å². The number of rotatable bonds is 4. The van der Waals surface area contributed by atoms with Crippen LogP contribution in [-0.4, -0.2) is 18.0 Å². The van der Waals surface area contributed by atoms with Gasteiger partial charge in [-0.25, -0.2) is 0 Å². The average molecular weight is 120 g/mol. The lowest BCUT2D eigenvalue weighted by Crippen LogP contribution is -2.16. The molecule has 0 amide bonds. The summed E-state index contributed by atoms with van der Waals surface area (Å²) in [6, 6.07) is 0. The highest BCUT2D eigenvalue weighted by Gasteiger charge is 1.92. The van der Waals surface area contributed by atoms with Crippen LogP contribution < -0.4 is 0 Å². The van der Waals surface area contributed by atoms with Gasteiger partial charge in [-0.1, -0.05) is 6.92 Å². The Labute approximate surface area is 55.2 Å². The van der Waals surface area contributed by atoms with Gasteiger partial charge >= 0.3 is 0 Å². The van der Waals surface area contributed by atoms with Crippen LogP contribution in [0.25, 0.3) is 0 Å². The molecule has 0 aromatic carbocycles. The van der Waals surface area contributed by atoms with Gasteiger partial charge in [-0.15, -0.1) is 4.91 Å². The summed E-state index contributed by atoms with van der Waals surface area (Å²) >= 11 is 0. The van der Waals surface area contributed by atoms with Crippen molar-refractivity contribution < 1.29 is 5.48 Å². The molecule has 0 bridgehead atoms. The second-order valence-electron chi connectivity index (χ2n) is 1.13. The van der Waals surface area contributed by atoms with Crippen molar-refractivity contribution >= 4 is 0 Å². The Morgan fingerprint density at radius 1 is 1.75 bits per heavy atom. The van der Waals surface area contributed by atoms with E-state index >= 15 is 0 Å². The van der Waals surface area contributed by atoms with Crippen LogP contribution in [0.2, 0.25) is 0 Å². The van der Waals surface area contributed by atoms with Gasteiger partial charge in [0.05, 0.1) is 10.8 Å². The smallest absolute Gasteiger partial charge is 0.0523 e. The van der Waals surface area contributed by atoms with Crippen molar-refractivity contribution in [1.29, 1.82) is 0 Å². The first-order valence-electron chi connectivity index (χ1n) is 4.39. The molecule has 0 radical (unpaired) electrons. The standard InChI is InChI=1S/C5H12N2O/c1-3-5-7(4-2)6-8/h3-5H2,1-2H3/i4D2,5D2. The van der Waals surface area contributed by atoms with E-state index in [0.29, 0.717) is 5.01 Å². The number of hydrogen-bond acceptors (Lipinski definition) is 2. The fraction of sp³-hybridized carbons (Fsp3) is 1.00. The van der Waals surface area contributed by atoms with Crippen LogP contribution in [0.3, 0.4) is 0 Å². The lowest BCUT2D eigenvalue weighted by atomic mass is 10.5. The van der Waals surface area contributed by atoms with Crippen molar-refractivity contribution in [3.05, 3.63) is 4.91 Å². The Morgan fingerprint density at radius 3 is 2.50 bits per heavy atom. The first kappa shape index (κ1) is 2.80. The normalized spacial score (nSPS) is 19.8. The molecule has 0 aromatic heterocycles. The third-order valence-corrected chi connectivity index (χ3v) is 0.601. The van der Waals surface area contributed by atoms with Gasteiger partial charge in [-0.05, 0) is 13.3 Å². The topological polar surface area (TPSA) is 32.7 Å². The molecule has 8 heavy (non-hydrogen) atoms. The minimum Gasteiger partial charge on any atom is -0.261 e. The third kappa shape index (κ3) is 2.55. The van der Waals surface area contributed by atoms with E-state index in [1.165, 1.54) is 6.92 Å². The van der Waals surface area contributed by atoms with Gasteiger partial charge in [0.2, 0.25) is 0 Å². The molecule has 0 rings (SSSR count). The first-order chi connectivity index (χ1) is 5.25. The molecule has 0 aliphatic carbocycles. The summed E-state index contributed by atoms with van der Waals surface area (Å²) in [5.74, 6) is 0. The van der Waals surface area contributed by atoms with Crippen molar-refractivity contribution in [2.75, 3.05) is 13.0 Å². The van der Waals surface area contributed by atoms with E-state index in [0.717, 1.165) is 6.92 Å². The Balaban J connectivity index is 4.67. The van der Waals surface area contributed by atoms with Crippen LogP contribution in [0, 0.1) is 4.91 Å². The van der Waals surface area contributed by atoms with E-state index < -0.39 is 13.0 Å². The fourth-order valence-corrected chi connectivity index (χ4v) is 0.299. The molecule has 0 heterocycles. The van der Waals surface area contributed by atoms with Crippen molar-refractivity contribution in [3.8, 4) is 0 Å². The summed E-state index contributed by atoms with van der Waals surface area (Å²) in [4.78, 5) is 10.2. The summed E-state index contributed by atoms with van der Waals surface area (Å²) in [5, 5.41) is 2.63. The molecule has 0 aliphatic heterocycles. The van der Waals surface area contributed by atoms with Gasteiger partial charge < -0.3 is 0 Å². The maximum absolute atomic E-state index is 10.2. The molecule has 0 aromatic rings. The highest BCUT2D eigenvalue weighted by atomic mass is 16.3. The van der Waals surface area contributed by atoms with Crippen molar-refractivity contribution in [2.45, 2.75) is 20.3 Å². The molecule has 48 valence electrons. The van der Waals surface area contributed by atoms with E-state index in [1.54, 1.807) is 0 Å². The molecular weight excluding hydrogens is 104 g/mol. The zero-order valence-electron chi connectivity index (χ0n) is 9.01. The zero-order chi connectivity index (χ0) is 9.99. The largest absolute Gasteiger partial charge is 0.261 e. The highest BCUT2D eigenvalue weighted by molar-refractivity contribution is 4.42. The van der Waals surface area contributed by atoms with E-state index in [1.807, 2.05) is 0 Å². The molecule has 3 heteroatoms. The van der Waals surface area contributed by atoms with Crippen LogP contribution in [-0.2, 0) is 0 Å². The lowest BCUT2D eigenvalue weighted by Gasteiger charge is -2.08. The number of hydrogen-bond donors (Lipinski definition) is 0. The van der Waals surface area contributed by atoms with E-state index in [-0.39, 0.29) is 6.42 Å². The summed E-state index contributed by atoms with van der Waals surface area (Å²) in [6.07, 6.45) is 0.00604. The molecule has 0 atom stereocenters. The molecular formula is C5H12N2O. The Hall–Kier alpha value is -0.600. The second-order valence-corrected chi connectivity index (χ2v) is 1.13. The van der Waals surface area contributed by atoms with Crippen LogP contribution in [0.4, 0.5) is 0 Å².